The number of rotatable bonds is 5. The molecule has 0 atom stereocenters. The van der Waals surface area contributed by atoms with Crippen LogP contribution in [0.5, 0.6) is 0 Å². The Bertz CT molecular complexity index is 742. The van der Waals surface area contributed by atoms with Gasteiger partial charge in [0.2, 0.25) is 0 Å². The number of hydrazine groups is 1. The van der Waals surface area contributed by atoms with Crippen molar-refractivity contribution in [2.24, 2.45) is 0 Å². The predicted octanol–water partition coefficient (Wildman–Crippen LogP) is 4.04. The molecule has 0 unspecified atom stereocenters. The van der Waals surface area contributed by atoms with E-state index < -0.39 is 0 Å². The molecular weight excluding hydrogens is 284 g/mol. The summed E-state index contributed by atoms with van der Waals surface area (Å²) in [4.78, 5) is 12.8. The van der Waals surface area contributed by atoms with Crippen molar-refractivity contribution < 1.29 is 4.79 Å². The van der Waals surface area contributed by atoms with Crippen LogP contribution in [0.1, 0.15) is 15.9 Å². The van der Waals surface area contributed by atoms with Crippen LogP contribution in [-0.2, 0) is 6.54 Å². The zero-order chi connectivity index (χ0) is 15.9. The molecule has 0 bridgehead atoms. The summed E-state index contributed by atoms with van der Waals surface area (Å²) in [6.45, 7) is 0.578. The monoisotopic (exact) mass is 302 g/mol. The number of nitrogens with zero attached hydrogens (tertiary/aromatic N) is 1. The maximum atomic E-state index is 12.8. The Labute approximate surface area is 136 Å². The average molecular weight is 302 g/mol. The highest BCUT2D eigenvalue weighted by molar-refractivity contribution is 6.05. The minimum Gasteiger partial charge on any atom is -0.267 e. The third-order valence-electron chi connectivity index (χ3n) is 3.52. The molecule has 0 aliphatic rings. The lowest BCUT2D eigenvalue weighted by Gasteiger charge is -2.24. The summed E-state index contributed by atoms with van der Waals surface area (Å²) in [5.41, 5.74) is 5.82. The third-order valence-corrected chi connectivity index (χ3v) is 3.52. The molecule has 3 heteroatoms. The van der Waals surface area contributed by atoms with Crippen LogP contribution in [0.15, 0.2) is 91.0 Å². The number of hydrogen-bond acceptors (Lipinski definition) is 2. The van der Waals surface area contributed by atoms with E-state index in [0.717, 1.165) is 11.3 Å². The zero-order valence-corrected chi connectivity index (χ0v) is 12.7. The smallest absolute Gasteiger partial charge is 0.267 e. The molecule has 0 radical (unpaired) electrons. The molecule has 23 heavy (non-hydrogen) atoms. The molecule has 0 saturated carbocycles. The van der Waals surface area contributed by atoms with Gasteiger partial charge in [-0.2, -0.15) is 0 Å². The average Bonchev–Trinajstić information content (AvgIpc) is 2.64. The van der Waals surface area contributed by atoms with Crippen molar-refractivity contribution in [2.75, 3.05) is 5.01 Å². The summed E-state index contributed by atoms with van der Waals surface area (Å²) < 4.78 is 0. The van der Waals surface area contributed by atoms with Crippen molar-refractivity contribution in [1.82, 2.24) is 5.43 Å². The van der Waals surface area contributed by atoms with Crippen molar-refractivity contribution in [2.45, 2.75) is 6.54 Å². The van der Waals surface area contributed by atoms with E-state index in [9.17, 15) is 4.79 Å². The van der Waals surface area contributed by atoms with Crippen LogP contribution in [0.2, 0.25) is 0 Å². The number of carbonyl (C=O) groups is 1. The van der Waals surface area contributed by atoms with Gasteiger partial charge in [0.05, 0.1) is 5.69 Å². The summed E-state index contributed by atoms with van der Waals surface area (Å²) in [6, 6.07) is 28.9. The lowest BCUT2D eigenvalue weighted by molar-refractivity contribution is 0.0973. The Kier molecular flexibility index (Phi) is 4.82. The van der Waals surface area contributed by atoms with Crippen LogP contribution < -0.4 is 10.4 Å². The van der Waals surface area contributed by atoms with Gasteiger partial charge >= 0.3 is 0 Å². The Hall–Kier alpha value is -2.91. The normalized spacial score (nSPS) is 10.3. The second kappa shape index (κ2) is 7.38. The molecule has 0 aromatic heterocycles. The van der Waals surface area contributed by atoms with E-state index in [0.29, 0.717) is 12.1 Å². The lowest BCUT2D eigenvalue weighted by atomic mass is 10.2. The van der Waals surface area contributed by atoms with Crippen molar-refractivity contribution in [3.8, 4) is 0 Å². The highest BCUT2D eigenvalue weighted by Crippen LogP contribution is 2.15. The molecule has 1 amide bonds. The first-order valence-corrected chi connectivity index (χ1v) is 7.56. The maximum absolute atomic E-state index is 12.8. The van der Waals surface area contributed by atoms with Gasteiger partial charge < -0.3 is 0 Å². The van der Waals surface area contributed by atoms with E-state index in [1.54, 1.807) is 5.01 Å². The van der Waals surface area contributed by atoms with E-state index in [1.807, 2.05) is 91.0 Å². The number of amides is 1. The molecule has 0 fully saturated rings. The Morgan fingerprint density at radius 1 is 0.739 bits per heavy atom. The minimum atomic E-state index is -0.0762. The van der Waals surface area contributed by atoms with Gasteiger partial charge in [0.1, 0.15) is 0 Å². The van der Waals surface area contributed by atoms with Crippen molar-refractivity contribution in [3.63, 3.8) is 0 Å². The predicted molar refractivity (Wildman–Crippen MR) is 93.0 cm³/mol. The molecule has 3 nitrogen and oxygen atoms in total. The van der Waals surface area contributed by atoms with E-state index in [2.05, 4.69) is 5.43 Å². The van der Waals surface area contributed by atoms with Crippen LogP contribution in [0, 0.1) is 0 Å². The zero-order valence-electron chi connectivity index (χ0n) is 12.7. The summed E-state index contributed by atoms with van der Waals surface area (Å²) in [5.74, 6) is -0.0762. The van der Waals surface area contributed by atoms with Crippen LogP contribution in [0.3, 0.4) is 0 Å². The summed E-state index contributed by atoms with van der Waals surface area (Å²) in [6.07, 6.45) is 0. The van der Waals surface area contributed by atoms with E-state index in [1.165, 1.54) is 0 Å². The fourth-order valence-electron chi connectivity index (χ4n) is 2.33. The van der Waals surface area contributed by atoms with E-state index >= 15 is 0 Å². The third kappa shape index (κ3) is 3.84. The minimum absolute atomic E-state index is 0.0762. The number of nitrogens with one attached hydrogen (secondary N) is 1. The molecule has 0 aliphatic carbocycles. The maximum Gasteiger partial charge on any atom is 0.272 e. The molecule has 0 saturated heterocycles. The summed E-state index contributed by atoms with van der Waals surface area (Å²) in [7, 11) is 0. The number of carbonyl (C=O) groups excluding carboxylic acids is 1. The van der Waals surface area contributed by atoms with Crippen molar-refractivity contribution in [3.05, 3.63) is 102 Å². The van der Waals surface area contributed by atoms with Gasteiger partial charge in [-0.25, -0.2) is 10.4 Å². The van der Waals surface area contributed by atoms with Gasteiger partial charge in [-0.15, -0.1) is 0 Å². The number of hydrogen-bond donors (Lipinski definition) is 1. The van der Waals surface area contributed by atoms with Gasteiger partial charge in [0.25, 0.3) is 5.91 Å². The largest absolute Gasteiger partial charge is 0.272 e. The number of para-hydroxylation sites is 1. The van der Waals surface area contributed by atoms with Crippen LogP contribution in [-0.4, -0.2) is 5.91 Å². The fraction of sp³-hybridized carbons (Fsp3) is 0.0500. The van der Waals surface area contributed by atoms with Crippen LogP contribution in [0.25, 0.3) is 0 Å². The summed E-state index contributed by atoms with van der Waals surface area (Å²) >= 11 is 0. The summed E-state index contributed by atoms with van der Waals surface area (Å²) in [5, 5.41) is 1.60. The van der Waals surface area contributed by atoms with Gasteiger partial charge in [-0.05, 0) is 29.8 Å². The number of benzene rings is 3. The highest BCUT2D eigenvalue weighted by atomic mass is 16.2. The quantitative estimate of drug-likeness (QED) is 0.721. The van der Waals surface area contributed by atoms with Crippen LogP contribution in [0.4, 0.5) is 5.69 Å². The van der Waals surface area contributed by atoms with E-state index in [4.69, 9.17) is 0 Å². The first-order valence-electron chi connectivity index (χ1n) is 7.56. The lowest BCUT2D eigenvalue weighted by Crippen LogP contribution is -2.42. The van der Waals surface area contributed by atoms with Gasteiger partial charge in [0.15, 0.2) is 0 Å². The molecule has 0 spiro atoms. The van der Waals surface area contributed by atoms with Gasteiger partial charge in [0, 0.05) is 12.1 Å². The van der Waals surface area contributed by atoms with Gasteiger partial charge in [-0.1, -0.05) is 66.7 Å². The molecule has 3 rings (SSSR count). The van der Waals surface area contributed by atoms with E-state index in [-0.39, 0.29) is 5.91 Å². The Morgan fingerprint density at radius 2 is 1.26 bits per heavy atom. The SMILES string of the molecule is O=C(c1ccccc1)N(NCc1ccccc1)c1ccccc1. The molecule has 0 heterocycles. The first kappa shape index (κ1) is 15.0. The molecule has 3 aromatic carbocycles. The van der Waals surface area contributed by atoms with Crippen molar-refractivity contribution >= 4 is 11.6 Å². The molecule has 1 N–H and O–H groups in total. The highest BCUT2D eigenvalue weighted by Gasteiger charge is 2.17. The standard InChI is InChI=1S/C20H18N2O/c23-20(18-12-6-2-7-13-18)22(19-14-8-3-9-15-19)21-16-17-10-4-1-5-11-17/h1-15,21H,16H2. The van der Waals surface area contributed by atoms with Crippen LogP contribution >= 0.6 is 0 Å². The molecule has 0 aliphatic heterocycles. The van der Waals surface area contributed by atoms with Crippen molar-refractivity contribution in [1.29, 1.82) is 0 Å². The Balaban J connectivity index is 1.84. The topological polar surface area (TPSA) is 32.3 Å². The Morgan fingerprint density at radius 3 is 1.87 bits per heavy atom. The second-order valence-corrected chi connectivity index (χ2v) is 5.16. The molecule has 3 aromatic rings. The fourth-order valence-corrected chi connectivity index (χ4v) is 2.33. The van der Waals surface area contributed by atoms with Gasteiger partial charge in [-0.3, -0.25) is 4.79 Å². The second-order valence-electron chi connectivity index (χ2n) is 5.16. The number of anilines is 1. The first-order chi connectivity index (χ1) is 11.3. The molecular formula is C20H18N2O. The molecule has 114 valence electrons.